The highest BCUT2D eigenvalue weighted by molar-refractivity contribution is 5.96. The molecule has 2 aromatic rings. The Kier molecular flexibility index (Phi) is 10.5. The summed E-state index contributed by atoms with van der Waals surface area (Å²) in [6.07, 6.45) is 6.59. The fourth-order valence-corrected chi connectivity index (χ4v) is 5.92. The van der Waals surface area contributed by atoms with Crippen LogP contribution in [0.1, 0.15) is 57.4 Å². The second-order valence-electron chi connectivity index (χ2n) is 10.9. The molecular weight excluding hydrogens is 520 g/mol. The van der Waals surface area contributed by atoms with Crippen LogP contribution in [0.2, 0.25) is 0 Å². The topological polar surface area (TPSA) is 91.4 Å². The minimum atomic E-state index is -0.750. The molecule has 0 saturated carbocycles. The number of ether oxygens (including phenoxy) is 2. The van der Waals surface area contributed by atoms with Gasteiger partial charge in [-0.05, 0) is 55.5 Å². The van der Waals surface area contributed by atoms with E-state index in [4.69, 9.17) is 9.47 Å². The predicted octanol–water partition coefficient (Wildman–Crippen LogP) is 4.00. The number of anilines is 1. The third-order valence-corrected chi connectivity index (χ3v) is 8.29. The lowest BCUT2D eigenvalue weighted by atomic mass is 9.85. The van der Waals surface area contributed by atoms with Crippen molar-refractivity contribution < 1.29 is 23.9 Å². The van der Waals surface area contributed by atoms with E-state index in [1.54, 1.807) is 19.1 Å². The summed E-state index contributed by atoms with van der Waals surface area (Å²) in [5.41, 5.74) is 1.22. The zero-order valence-corrected chi connectivity index (χ0v) is 24.7. The fourth-order valence-electron chi connectivity index (χ4n) is 5.92. The zero-order valence-electron chi connectivity index (χ0n) is 24.7. The third-order valence-electron chi connectivity index (χ3n) is 8.29. The van der Waals surface area contributed by atoms with Crippen LogP contribution in [-0.2, 0) is 20.8 Å². The predicted molar refractivity (Wildman–Crippen MR) is 159 cm³/mol. The summed E-state index contributed by atoms with van der Waals surface area (Å²) < 4.78 is 10.7. The fraction of sp³-hybridized carbons (Fsp3) is 0.531. The van der Waals surface area contributed by atoms with Gasteiger partial charge in [-0.2, -0.15) is 0 Å². The number of rotatable bonds is 13. The van der Waals surface area contributed by atoms with Gasteiger partial charge in [-0.25, -0.2) is 0 Å². The molecular formula is C32H44N4O5. The van der Waals surface area contributed by atoms with Gasteiger partial charge in [0.05, 0.1) is 20.9 Å². The summed E-state index contributed by atoms with van der Waals surface area (Å²) in [6, 6.07) is 15.6. The first-order valence-corrected chi connectivity index (χ1v) is 14.8. The number of hydrogen-bond donors (Lipinski definition) is 1. The lowest BCUT2D eigenvalue weighted by Crippen LogP contribution is -2.57. The Bertz CT molecular complexity index is 1180. The Hall–Kier alpha value is -3.75. The van der Waals surface area contributed by atoms with Crippen molar-refractivity contribution in [1.82, 2.24) is 15.1 Å². The molecule has 2 heterocycles. The summed E-state index contributed by atoms with van der Waals surface area (Å²) in [5, 5.41) is 2.96. The number of benzene rings is 2. The molecule has 0 atom stereocenters. The third kappa shape index (κ3) is 7.13. The van der Waals surface area contributed by atoms with E-state index >= 15 is 0 Å². The molecule has 2 aromatic carbocycles. The highest BCUT2D eigenvalue weighted by Crippen LogP contribution is 2.39. The number of carbonyl (C=O) groups excluding carboxylic acids is 3. The molecule has 0 radical (unpaired) electrons. The van der Waals surface area contributed by atoms with E-state index in [0.29, 0.717) is 63.5 Å². The van der Waals surface area contributed by atoms with Crippen LogP contribution in [0.4, 0.5) is 5.69 Å². The van der Waals surface area contributed by atoms with Crippen molar-refractivity contribution in [3.63, 3.8) is 0 Å². The number of likely N-dealkylation sites (tertiary alicyclic amines) is 1. The van der Waals surface area contributed by atoms with E-state index in [9.17, 15) is 14.4 Å². The first-order chi connectivity index (χ1) is 19.9. The molecule has 222 valence electrons. The molecule has 9 nitrogen and oxygen atoms in total. The minimum absolute atomic E-state index is 0.00404. The van der Waals surface area contributed by atoms with Gasteiger partial charge in [-0.1, -0.05) is 50.5 Å². The standard InChI is InChI=1S/C32H44N4O5/c1-4-5-6-10-13-30(38)34-20-17-32(18-21-34)31(39)35(24-36(32)26-11-8-7-9-12-26)23-29(37)33-19-16-25-14-15-27(40-2)28(22-25)41-3/h7-9,11-12,14-15,22H,4-6,10,13,16-21,23-24H2,1-3H3,(H,33,37). The van der Waals surface area contributed by atoms with Gasteiger partial charge in [0.15, 0.2) is 11.5 Å². The van der Waals surface area contributed by atoms with E-state index in [0.717, 1.165) is 36.9 Å². The molecule has 3 amide bonds. The molecule has 0 bridgehead atoms. The largest absolute Gasteiger partial charge is 0.493 e. The number of amides is 3. The quantitative estimate of drug-likeness (QED) is 0.370. The number of nitrogens with one attached hydrogen (secondary N) is 1. The van der Waals surface area contributed by atoms with Crippen molar-refractivity contribution in [3.8, 4) is 11.5 Å². The summed E-state index contributed by atoms with van der Waals surface area (Å²) in [6.45, 7) is 4.04. The molecule has 2 saturated heterocycles. The van der Waals surface area contributed by atoms with Gasteiger partial charge in [0.1, 0.15) is 12.1 Å². The molecule has 2 fully saturated rings. The molecule has 1 N–H and O–H groups in total. The van der Waals surface area contributed by atoms with Crippen LogP contribution in [-0.4, -0.2) is 80.1 Å². The summed E-state index contributed by atoms with van der Waals surface area (Å²) in [7, 11) is 3.19. The smallest absolute Gasteiger partial charge is 0.250 e. The van der Waals surface area contributed by atoms with Crippen molar-refractivity contribution >= 4 is 23.4 Å². The number of nitrogens with zero attached hydrogens (tertiary/aromatic N) is 3. The number of methoxy groups -OCH3 is 2. The molecule has 0 aromatic heterocycles. The molecule has 0 aliphatic carbocycles. The van der Waals surface area contributed by atoms with Crippen LogP contribution in [0.3, 0.4) is 0 Å². The van der Waals surface area contributed by atoms with E-state index in [1.807, 2.05) is 53.4 Å². The molecule has 41 heavy (non-hydrogen) atoms. The average molecular weight is 565 g/mol. The molecule has 0 unspecified atom stereocenters. The van der Waals surface area contributed by atoms with E-state index in [-0.39, 0.29) is 24.3 Å². The van der Waals surface area contributed by atoms with Crippen molar-refractivity contribution in [1.29, 1.82) is 0 Å². The Morgan fingerprint density at radius 1 is 0.951 bits per heavy atom. The van der Waals surface area contributed by atoms with Crippen LogP contribution in [0, 0.1) is 0 Å². The van der Waals surface area contributed by atoms with Crippen molar-refractivity contribution in [2.45, 2.75) is 63.8 Å². The lowest BCUT2D eigenvalue weighted by molar-refractivity contribution is -0.140. The Balaban J connectivity index is 1.37. The van der Waals surface area contributed by atoms with Gasteiger partial charge >= 0.3 is 0 Å². The Labute approximate surface area is 243 Å². The molecule has 2 aliphatic heterocycles. The van der Waals surface area contributed by atoms with Gasteiger partial charge < -0.3 is 29.5 Å². The number of hydrogen-bond acceptors (Lipinski definition) is 6. The first-order valence-electron chi connectivity index (χ1n) is 14.8. The maximum atomic E-state index is 13.9. The summed E-state index contributed by atoms with van der Waals surface area (Å²) in [4.78, 5) is 45.4. The normalized spacial score (nSPS) is 16.3. The van der Waals surface area contributed by atoms with Crippen molar-refractivity contribution in [3.05, 3.63) is 54.1 Å². The van der Waals surface area contributed by atoms with Gasteiger partial charge in [-0.3, -0.25) is 14.4 Å². The molecule has 9 heteroatoms. The number of unbranched alkanes of at least 4 members (excludes halogenated alkanes) is 3. The van der Waals surface area contributed by atoms with Crippen LogP contribution >= 0.6 is 0 Å². The van der Waals surface area contributed by atoms with Crippen LogP contribution < -0.4 is 19.7 Å². The second kappa shape index (κ2) is 14.2. The van der Waals surface area contributed by atoms with Crippen LogP contribution in [0.15, 0.2) is 48.5 Å². The van der Waals surface area contributed by atoms with Crippen LogP contribution in [0.5, 0.6) is 11.5 Å². The lowest BCUT2D eigenvalue weighted by Gasteiger charge is -2.43. The monoisotopic (exact) mass is 564 g/mol. The highest BCUT2D eigenvalue weighted by atomic mass is 16.5. The molecule has 2 aliphatic rings. The average Bonchev–Trinajstić information content (AvgIpc) is 3.25. The second-order valence-corrected chi connectivity index (χ2v) is 10.9. The van der Waals surface area contributed by atoms with Crippen molar-refractivity contribution in [2.24, 2.45) is 0 Å². The number of carbonyl (C=O) groups is 3. The number of para-hydroxylation sites is 1. The maximum Gasteiger partial charge on any atom is 0.250 e. The summed E-state index contributed by atoms with van der Waals surface area (Å²) >= 11 is 0. The SMILES string of the molecule is CCCCCCC(=O)N1CCC2(CC1)C(=O)N(CC(=O)NCCc1ccc(OC)c(OC)c1)CN2c1ccccc1. The number of piperidine rings is 1. The van der Waals surface area contributed by atoms with Gasteiger partial charge in [-0.15, -0.1) is 0 Å². The van der Waals surface area contributed by atoms with Crippen LogP contribution in [0.25, 0.3) is 0 Å². The zero-order chi connectivity index (χ0) is 29.2. The summed E-state index contributed by atoms with van der Waals surface area (Å²) in [5.74, 6) is 1.26. The minimum Gasteiger partial charge on any atom is -0.493 e. The van der Waals surface area contributed by atoms with E-state index < -0.39 is 5.54 Å². The van der Waals surface area contributed by atoms with Gasteiger partial charge in [0.25, 0.3) is 5.91 Å². The Morgan fingerprint density at radius 2 is 1.68 bits per heavy atom. The maximum absolute atomic E-state index is 13.9. The van der Waals surface area contributed by atoms with E-state index in [2.05, 4.69) is 17.1 Å². The van der Waals surface area contributed by atoms with E-state index in [1.165, 1.54) is 0 Å². The molecule has 4 rings (SSSR count). The van der Waals surface area contributed by atoms with Gasteiger partial charge in [0.2, 0.25) is 11.8 Å². The van der Waals surface area contributed by atoms with Gasteiger partial charge in [0, 0.05) is 31.7 Å². The highest BCUT2D eigenvalue weighted by Gasteiger charge is 2.54. The Morgan fingerprint density at radius 3 is 2.37 bits per heavy atom. The van der Waals surface area contributed by atoms with Crippen molar-refractivity contribution in [2.75, 3.05) is 52.0 Å². The molecule has 1 spiro atoms. The first kappa shape index (κ1) is 30.2.